The van der Waals surface area contributed by atoms with Gasteiger partial charge in [0.2, 0.25) is 0 Å². The number of carbonyl (C=O) groups is 3. The summed E-state index contributed by atoms with van der Waals surface area (Å²) < 4.78 is 16.9. The van der Waals surface area contributed by atoms with Gasteiger partial charge >= 0.3 is 17.9 Å². The van der Waals surface area contributed by atoms with Gasteiger partial charge in [0, 0.05) is 19.3 Å². The van der Waals surface area contributed by atoms with Crippen molar-refractivity contribution in [1.29, 1.82) is 0 Å². The minimum Gasteiger partial charge on any atom is -0.462 e. The summed E-state index contributed by atoms with van der Waals surface area (Å²) in [5, 5.41) is 0. The van der Waals surface area contributed by atoms with E-state index in [2.05, 4.69) is 57.2 Å². The fraction of sp³-hybridized carbons (Fsp3) is 0.850. The van der Waals surface area contributed by atoms with Gasteiger partial charge in [0.1, 0.15) is 13.2 Å². The average molecular weight is 928 g/mol. The second-order valence-electron chi connectivity index (χ2n) is 19.5. The molecule has 66 heavy (non-hydrogen) atoms. The lowest BCUT2D eigenvalue weighted by Crippen LogP contribution is -2.30. The van der Waals surface area contributed by atoms with E-state index in [1.54, 1.807) is 0 Å². The van der Waals surface area contributed by atoms with Crippen LogP contribution < -0.4 is 0 Å². The summed E-state index contributed by atoms with van der Waals surface area (Å²) in [6.07, 6.45) is 65.6. The van der Waals surface area contributed by atoms with Crippen molar-refractivity contribution in [2.45, 2.75) is 316 Å². The van der Waals surface area contributed by atoms with E-state index >= 15 is 0 Å². The van der Waals surface area contributed by atoms with E-state index in [-0.39, 0.29) is 31.1 Å². The number of carbonyl (C=O) groups excluding carboxylic acids is 3. The van der Waals surface area contributed by atoms with Crippen molar-refractivity contribution in [2.75, 3.05) is 13.2 Å². The highest BCUT2D eigenvalue weighted by Gasteiger charge is 2.19. The normalized spacial score (nSPS) is 12.2. The molecule has 0 spiro atoms. The molecule has 0 bridgehead atoms. The summed E-state index contributed by atoms with van der Waals surface area (Å²) in [6.45, 7) is 6.64. The fourth-order valence-electron chi connectivity index (χ4n) is 8.43. The zero-order valence-corrected chi connectivity index (χ0v) is 44.2. The summed E-state index contributed by atoms with van der Waals surface area (Å²) in [6, 6.07) is 0. The van der Waals surface area contributed by atoms with Crippen LogP contribution in [-0.4, -0.2) is 37.2 Å². The van der Waals surface area contributed by atoms with E-state index < -0.39 is 6.10 Å². The molecule has 0 aromatic rings. The van der Waals surface area contributed by atoms with Gasteiger partial charge in [0.05, 0.1) is 0 Å². The zero-order valence-electron chi connectivity index (χ0n) is 44.2. The van der Waals surface area contributed by atoms with E-state index in [0.29, 0.717) is 19.3 Å². The molecule has 0 amide bonds. The molecule has 0 aliphatic heterocycles. The summed E-state index contributed by atoms with van der Waals surface area (Å²) in [5.74, 6) is -0.878. The number of hydrogen-bond donors (Lipinski definition) is 0. The first-order chi connectivity index (χ1) is 32.5. The molecule has 0 rings (SSSR count). The summed E-state index contributed by atoms with van der Waals surface area (Å²) in [7, 11) is 0. The van der Waals surface area contributed by atoms with Crippen LogP contribution in [0.25, 0.3) is 0 Å². The highest BCUT2D eigenvalue weighted by atomic mass is 16.6. The zero-order chi connectivity index (χ0) is 47.9. The van der Waals surface area contributed by atoms with E-state index in [1.807, 2.05) is 0 Å². The monoisotopic (exact) mass is 927 g/mol. The van der Waals surface area contributed by atoms with Crippen LogP contribution >= 0.6 is 0 Å². The van der Waals surface area contributed by atoms with Gasteiger partial charge in [-0.3, -0.25) is 14.4 Å². The third-order valence-electron chi connectivity index (χ3n) is 12.8. The van der Waals surface area contributed by atoms with Gasteiger partial charge in [-0.2, -0.15) is 0 Å². The standard InChI is InChI=1S/C60H110O6/c1-4-7-10-13-16-19-22-25-28-30-32-35-38-41-44-47-50-53-59(62)65-56-57(55-64-58(61)52-49-46-43-40-37-34-27-24-21-18-15-12-9-6-3)66-60(63)54-51-48-45-42-39-36-33-31-29-26-23-20-17-14-11-8-5-2/h24-29,57H,4-23,30-56H2,1-3H3/b27-24+,28-25+,29-26+/t57-/m1/s1. The van der Waals surface area contributed by atoms with Gasteiger partial charge in [0.15, 0.2) is 6.10 Å². The van der Waals surface area contributed by atoms with Crippen LogP contribution in [0.3, 0.4) is 0 Å². The van der Waals surface area contributed by atoms with Gasteiger partial charge in [-0.25, -0.2) is 0 Å². The van der Waals surface area contributed by atoms with Gasteiger partial charge in [-0.15, -0.1) is 0 Å². The Balaban J connectivity index is 4.37. The van der Waals surface area contributed by atoms with Crippen molar-refractivity contribution in [3.8, 4) is 0 Å². The molecule has 0 aromatic carbocycles. The summed E-state index contributed by atoms with van der Waals surface area (Å²) in [5.41, 5.74) is 0. The first-order valence-electron chi connectivity index (χ1n) is 29.0. The van der Waals surface area contributed by atoms with Crippen LogP contribution in [0.4, 0.5) is 0 Å². The predicted molar refractivity (Wildman–Crippen MR) is 284 cm³/mol. The number of ether oxygens (including phenoxy) is 3. The first kappa shape index (κ1) is 63.6. The van der Waals surface area contributed by atoms with Gasteiger partial charge < -0.3 is 14.2 Å². The average Bonchev–Trinajstić information content (AvgIpc) is 3.31. The smallest absolute Gasteiger partial charge is 0.306 e. The van der Waals surface area contributed by atoms with Crippen molar-refractivity contribution in [2.24, 2.45) is 0 Å². The number of rotatable bonds is 53. The lowest BCUT2D eigenvalue weighted by Gasteiger charge is -2.18. The molecule has 0 aliphatic rings. The van der Waals surface area contributed by atoms with E-state index in [9.17, 15) is 14.4 Å². The maximum Gasteiger partial charge on any atom is 0.306 e. The maximum absolute atomic E-state index is 12.9. The van der Waals surface area contributed by atoms with Crippen LogP contribution in [0.2, 0.25) is 0 Å². The van der Waals surface area contributed by atoms with Crippen molar-refractivity contribution < 1.29 is 28.6 Å². The molecule has 0 aromatic heterocycles. The molecule has 0 saturated heterocycles. The van der Waals surface area contributed by atoms with Crippen molar-refractivity contribution in [3.05, 3.63) is 36.5 Å². The van der Waals surface area contributed by atoms with E-state index in [0.717, 1.165) is 64.2 Å². The third kappa shape index (κ3) is 52.6. The van der Waals surface area contributed by atoms with Crippen LogP contribution in [0.5, 0.6) is 0 Å². The number of hydrogen-bond acceptors (Lipinski definition) is 6. The fourth-order valence-corrected chi connectivity index (χ4v) is 8.43. The van der Waals surface area contributed by atoms with E-state index in [1.165, 1.54) is 205 Å². The van der Waals surface area contributed by atoms with Gasteiger partial charge in [0.25, 0.3) is 0 Å². The summed E-state index contributed by atoms with van der Waals surface area (Å²) in [4.78, 5) is 38.1. The predicted octanol–water partition coefficient (Wildman–Crippen LogP) is 19.3. The Hall–Kier alpha value is -2.37. The van der Waals surface area contributed by atoms with Crippen molar-refractivity contribution in [3.63, 3.8) is 0 Å². The molecule has 0 N–H and O–H groups in total. The Morgan fingerprint density at radius 1 is 0.288 bits per heavy atom. The summed E-state index contributed by atoms with van der Waals surface area (Å²) >= 11 is 0. The van der Waals surface area contributed by atoms with Crippen molar-refractivity contribution in [1.82, 2.24) is 0 Å². The second-order valence-corrected chi connectivity index (χ2v) is 19.5. The van der Waals surface area contributed by atoms with Crippen LogP contribution in [0, 0.1) is 0 Å². The molecule has 0 fully saturated rings. The van der Waals surface area contributed by atoms with Crippen LogP contribution in [-0.2, 0) is 28.6 Å². The van der Waals surface area contributed by atoms with Crippen LogP contribution in [0.1, 0.15) is 310 Å². The molecule has 386 valence electrons. The number of allylic oxidation sites excluding steroid dienone is 6. The van der Waals surface area contributed by atoms with Crippen molar-refractivity contribution >= 4 is 17.9 Å². The Kier molecular flexibility index (Phi) is 53.2. The number of esters is 3. The molecule has 0 aliphatic carbocycles. The molecule has 0 radical (unpaired) electrons. The Morgan fingerprint density at radius 2 is 0.500 bits per heavy atom. The quantitative estimate of drug-likeness (QED) is 0.0262. The molecule has 6 heteroatoms. The lowest BCUT2D eigenvalue weighted by atomic mass is 10.1. The highest BCUT2D eigenvalue weighted by molar-refractivity contribution is 5.71. The third-order valence-corrected chi connectivity index (χ3v) is 12.8. The van der Waals surface area contributed by atoms with Crippen LogP contribution in [0.15, 0.2) is 36.5 Å². The highest BCUT2D eigenvalue weighted by Crippen LogP contribution is 2.15. The molecular weight excluding hydrogens is 817 g/mol. The minimum atomic E-state index is -0.778. The topological polar surface area (TPSA) is 78.9 Å². The SMILES string of the molecule is CCCCCCC/C=C/CCCCCCCC(=O)OC[C@H](COC(=O)CCCCCCCCC/C=C/CCCCCCCC)OC(=O)CCCCCCCCC/C=C/CCCCCCCC. The van der Waals surface area contributed by atoms with Gasteiger partial charge in [-0.1, -0.05) is 231 Å². The molecule has 0 heterocycles. The second kappa shape index (κ2) is 55.2. The Labute approximate surface area is 410 Å². The first-order valence-corrected chi connectivity index (χ1v) is 29.0. The Bertz CT molecular complexity index is 1110. The van der Waals surface area contributed by atoms with E-state index in [4.69, 9.17) is 14.2 Å². The maximum atomic E-state index is 12.9. The molecule has 0 unspecified atom stereocenters. The number of unbranched alkanes of at least 4 members (excludes halogenated alkanes) is 36. The molecule has 0 saturated carbocycles. The Morgan fingerprint density at radius 3 is 0.758 bits per heavy atom. The minimum absolute atomic E-state index is 0.0766. The molecule has 6 nitrogen and oxygen atoms in total. The molecule has 1 atom stereocenters. The van der Waals surface area contributed by atoms with Gasteiger partial charge in [-0.05, 0) is 96.3 Å². The lowest BCUT2D eigenvalue weighted by molar-refractivity contribution is -0.167. The molecular formula is C60H110O6. The largest absolute Gasteiger partial charge is 0.462 e.